The molecule has 2 N–H and O–H groups in total. The first-order valence-corrected chi connectivity index (χ1v) is 15.2. The zero-order valence-corrected chi connectivity index (χ0v) is 24.2. The number of rotatable bonds is 6. The molecule has 210 valence electrons. The molecule has 5 amide bonds. The summed E-state index contributed by atoms with van der Waals surface area (Å²) in [5.74, 6) is -0.260. The van der Waals surface area contributed by atoms with Gasteiger partial charge in [0.1, 0.15) is 0 Å². The van der Waals surface area contributed by atoms with Gasteiger partial charge in [0.2, 0.25) is 5.60 Å². The third-order valence-electron chi connectivity index (χ3n) is 7.71. The van der Waals surface area contributed by atoms with Crippen molar-refractivity contribution in [3.8, 4) is 0 Å². The van der Waals surface area contributed by atoms with Crippen LogP contribution < -0.4 is 10.0 Å². The molecule has 3 saturated heterocycles. The molecule has 0 radical (unpaired) electrons. The summed E-state index contributed by atoms with van der Waals surface area (Å²) in [6.07, 6.45) is 2.34. The molecule has 10 nitrogen and oxygen atoms in total. The van der Waals surface area contributed by atoms with Crippen LogP contribution in [-0.4, -0.2) is 89.0 Å². The minimum atomic E-state index is -1.09. The number of fused-ring (bicyclic) bond motifs is 1. The van der Waals surface area contributed by atoms with Crippen LogP contribution in [-0.2, 0) is 9.53 Å². The van der Waals surface area contributed by atoms with Crippen molar-refractivity contribution in [1.29, 1.82) is 0 Å². The number of nitrogens with one attached hydrogen (secondary N) is 2. The molecule has 2 aromatic rings. The van der Waals surface area contributed by atoms with Gasteiger partial charge in [0.25, 0.3) is 11.8 Å². The van der Waals surface area contributed by atoms with Crippen LogP contribution in [0.2, 0.25) is 0 Å². The van der Waals surface area contributed by atoms with Crippen molar-refractivity contribution in [3.05, 3.63) is 29.8 Å². The van der Waals surface area contributed by atoms with Gasteiger partial charge in [-0.2, -0.15) is 0 Å². The summed E-state index contributed by atoms with van der Waals surface area (Å²) >= 11 is 2.67. The van der Waals surface area contributed by atoms with Gasteiger partial charge in [-0.05, 0) is 59.1 Å². The van der Waals surface area contributed by atoms with Crippen molar-refractivity contribution in [2.75, 3.05) is 32.7 Å². The van der Waals surface area contributed by atoms with E-state index in [1.807, 2.05) is 49.9 Å². The van der Waals surface area contributed by atoms with Gasteiger partial charge in [-0.1, -0.05) is 18.2 Å². The Labute approximate surface area is 236 Å². The Morgan fingerprint density at radius 1 is 1.18 bits per heavy atom. The number of benzene rings is 1. The van der Waals surface area contributed by atoms with Crippen molar-refractivity contribution in [3.63, 3.8) is 0 Å². The molecule has 3 aliphatic heterocycles. The van der Waals surface area contributed by atoms with Crippen LogP contribution in [0, 0.1) is 0 Å². The molecule has 5 rings (SSSR count). The molecular formula is C27H35N5O5S2. The van der Waals surface area contributed by atoms with Crippen molar-refractivity contribution in [1.82, 2.24) is 24.7 Å². The molecule has 4 heterocycles. The van der Waals surface area contributed by atoms with Crippen molar-refractivity contribution in [2.45, 2.75) is 68.3 Å². The van der Waals surface area contributed by atoms with E-state index in [0.717, 1.165) is 40.1 Å². The fourth-order valence-corrected chi connectivity index (χ4v) is 7.85. The van der Waals surface area contributed by atoms with E-state index >= 15 is 0 Å². The third kappa shape index (κ3) is 5.33. The number of urea groups is 1. The summed E-state index contributed by atoms with van der Waals surface area (Å²) in [6, 6.07) is 7.50. The zero-order chi connectivity index (χ0) is 27.7. The smallest absolute Gasteiger partial charge is 0.418 e. The van der Waals surface area contributed by atoms with E-state index in [9.17, 15) is 19.2 Å². The van der Waals surface area contributed by atoms with E-state index in [-0.39, 0.29) is 29.9 Å². The summed E-state index contributed by atoms with van der Waals surface area (Å²) in [5.41, 5.74) is -0.462. The third-order valence-corrected chi connectivity index (χ3v) is 9.85. The fourth-order valence-electron chi connectivity index (χ4n) is 5.81. The van der Waals surface area contributed by atoms with Crippen LogP contribution in [0.15, 0.2) is 28.5 Å². The Balaban J connectivity index is 1.26. The first-order valence-electron chi connectivity index (χ1n) is 13.6. The molecule has 0 aliphatic carbocycles. The number of hydrogen-bond donors (Lipinski definition) is 2. The van der Waals surface area contributed by atoms with E-state index in [2.05, 4.69) is 14.9 Å². The molecule has 1 aromatic carbocycles. The highest BCUT2D eigenvalue weighted by Gasteiger charge is 2.56. The van der Waals surface area contributed by atoms with Gasteiger partial charge in [-0.15, -0.1) is 11.3 Å². The lowest BCUT2D eigenvalue weighted by atomic mass is 9.89. The maximum atomic E-state index is 13.8. The summed E-state index contributed by atoms with van der Waals surface area (Å²) < 4.78 is 10.3. The number of likely N-dealkylation sites (tertiary alicyclic amines) is 2. The van der Waals surface area contributed by atoms with Crippen molar-refractivity contribution in [2.24, 2.45) is 0 Å². The summed E-state index contributed by atoms with van der Waals surface area (Å²) in [5, 5.41) is 3.60. The minimum Gasteiger partial charge on any atom is -0.431 e. The van der Waals surface area contributed by atoms with Crippen LogP contribution in [0.25, 0.3) is 10.1 Å². The van der Waals surface area contributed by atoms with E-state index in [0.29, 0.717) is 38.2 Å². The zero-order valence-electron chi connectivity index (χ0n) is 22.5. The molecule has 39 heavy (non-hydrogen) atoms. The van der Waals surface area contributed by atoms with Gasteiger partial charge >= 0.3 is 12.1 Å². The number of carbonyl (C=O) groups excluding carboxylic acids is 4. The predicted molar refractivity (Wildman–Crippen MR) is 151 cm³/mol. The Morgan fingerprint density at radius 2 is 1.92 bits per heavy atom. The molecule has 3 aliphatic rings. The fraction of sp³-hybridized carbons (Fsp3) is 0.556. The van der Waals surface area contributed by atoms with E-state index in [4.69, 9.17) is 4.74 Å². The minimum absolute atomic E-state index is 0.0336. The summed E-state index contributed by atoms with van der Waals surface area (Å²) in [7, 11) is 0. The van der Waals surface area contributed by atoms with Gasteiger partial charge in [0, 0.05) is 60.3 Å². The number of piperidine rings is 2. The second-order valence-corrected chi connectivity index (χ2v) is 12.7. The average molecular weight is 574 g/mol. The number of carbonyl (C=O) groups is 4. The standard InChI is InChI=1S/C27H35N5O5S2/c1-4-28-25(35)29-39-23-21(19-8-5-6-9-20(19)38-23)22(33)30-14-10-18(11-15-30)31-13-7-12-27(16-31)24(34)32(17(2)3)26(36)37-27/h5-6,8-9,17-18H,4,7,10-16H2,1-3H3,(H2,28,29,35). The lowest BCUT2D eigenvalue weighted by molar-refractivity contribution is -0.143. The van der Waals surface area contributed by atoms with Gasteiger partial charge in [0.15, 0.2) is 0 Å². The Bertz CT molecular complexity index is 1270. The normalized spacial score (nSPS) is 22.7. The summed E-state index contributed by atoms with van der Waals surface area (Å²) in [4.78, 5) is 56.8. The maximum Gasteiger partial charge on any atom is 0.418 e. The average Bonchev–Trinajstić information content (AvgIpc) is 3.41. The van der Waals surface area contributed by atoms with E-state index in [1.165, 1.54) is 28.2 Å². The highest BCUT2D eigenvalue weighted by Crippen LogP contribution is 2.39. The molecule has 1 aromatic heterocycles. The van der Waals surface area contributed by atoms with Crippen LogP contribution in [0.3, 0.4) is 0 Å². The number of hydrogen-bond acceptors (Lipinski definition) is 8. The predicted octanol–water partition coefficient (Wildman–Crippen LogP) is 4.05. The molecule has 1 atom stereocenters. The van der Waals surface area contributed by atoms with Crippen molar-refractivity contribution < 1.29 is 23.9 Å². The highest BCUT2D eigenvalue weighted by molar-refractivity contribution is 8.00. The van der Waals surface area contributed by atoms with Crippen LogP contribution in [0.4, 0.5) is 9.59 Å². The quantitative estimate of drug-likeness (QED) is 0.502. The summed E-state index contributed by atoms with van der Waals surface area (Å²) in [6.45, 7) is 8.45. The second-order valence-electron chi connectivity index (χ2n) is 10.6. The second kappa shape index (κ2) is 11.3. The van der Waals surface area contributed by atoms with E-state index in [1.54, 1.807) is 0 Å². The molecule has 1 spiro atoms. The largest absolute Gasteiger partial charge is 0.431 e. The molecule has 0 saturated carbocycles. The van der Waals surface area contributed by atoms with Crippen LogP contribution >= 0.6 is 23.3 Å². The highest BCUT2D eigenvalue weighted by atomic mass is 32.2. The number of thiophene rings is 1. The van der Waals surface area contributed by atoms with Crippen molar-refractivity contribution >= 4 is 57.3 Å². The number of nitrogens with zero attached hydrogens (tertiary/aromatic N) is 3. The molecular weight excluding hydrogens is 538 g/mol. The SMILES string of the molecule is CCNC(=O)NSc1sc2ccccc2c1C(=O)N1CCC(N2CCCC3(C2)OC(=O)N(C(C)C)C3=O)CC1. The van der Waals surface area contributed by atoms with Crippen LogP contribution in [0.1, 0.15) is 56.8 Å². The van der Waals surface area contributed by atoms with Gasteiger partial charge < -0.3 is 15.0 Å². The Morgan fingerprint density at radius 3 is 2.62 bits per heavy atom. The number of amides is 5. The van der Waals surface area contributed by atoms with Crippen LogP contribution in [0.5, 0.6) is 0 Å². The first kappa shape index (κ1) is 27.7. The first-order chi connectivity index (χ1) is 18.7. The Hall–Kier alpha value is -2.83. The van der Waals surface area contributed by atoms with Gasteiger partial charge in [0.05, 0.1) is 9.77 Å². The number of ether oxygens (including phenoxy) is 1. The van der Waals surface area contributed by atoms with E-state index < -0.39 is 11.7 Å². The molecule has 0 bridgehead atoms. The maximum absolute atomic E-state index is 13.8. The van der Waals surface area contributed by atoms with Gasteiger partial charge in [-0.25, -0.2) is 14.5 Å². The lowest BCUT2D eigenvalue weighted by Crippen LogP contribution is -2.58. The van der Waals surface area contributed by atoms with Gasteiger partial charge in [-0.3, -0.25) is 19.2 Å². The number of imide groups is 1. The monoisotopic (exact) mass is 573 g/mol. The Kier molecular flexibility index (Phi) is 8.06. The lowest BCUT2D eigenvalue weighted by Gasteiger charge is -2.44. The molecule has 12 heteroatoms. The molecule has 1 unspecified atom stereocenters. The molecule has 3 fully saturated rings. The topological polar surface area (TPSA) is 111 Å².